The molecule has 0 bridgehead atoms. The maximum Gasteiger partial charge on any atom is 0.337 e. The van der Waals surface area contributed by atoms with Crippen molar-refractivity contribution in [1.29, 1.82) is 5.26 Å². The SMILES string of the molecule is CCOc1cc(/C=C(\C#N)C(=O)Nc2ccc(C(=O)OC)cc2)cc(Cl)c1OCc1ccc([N+](=O)[O-])cc1. The number of ether oxygens (including phenoxy) is 3. The lowest BCUT2D eigenvalue weighted by molar-refractivity contribution is -0.384. The third-order valence-corrected chi connectivity index (χ3v) is 5.38. The quantitative estimate of drug-likeness (QED) is 0.117. The standard InChI is InChI=1S/C27H22ClN3O7/c1-3-37-24-14-18(13-23(28)25(24)38-16-17-4-10-22(11-5-17)31(34)35)12-20(15-29)26(32)30-21-8-6-19(7-9-21)27(33)36-2/h4-14H,3,16H2,1-2H3,(H,30,32)/b20-12+. The topological polar surface area (TPSA) is 141 Å². The van der Waals surface area contributed by atoms with E-state index in [1.54, 1.807) is 25.1 Å². The molecule has 194 valence electrons. The van der Waals surface area contributed by atoms with Crippen LogP contribution in [0.5, 0.6) is 11.5 Å². The van der Waals surface area contributed by atoms with E-state index in [1.807, 2.05) is 6.07 Å². The van der Waals surface area contributed by atoms with Crippen LogP contribution in [0, 0.1) is 21.4 Å². The summed E-state index contributed by atoms with van der Waals surface area (Å²) in [5.41, 5.74) is 1.57. The molecule has 0 atom stereocenters. The van der Waals surface area contributed by atoms with Crippen molar-refractivity contribution in [3.63, 3.8) is 0 Å². The van der Waals surface area contributed by atoms with Gasteiger partial charge in [0.2, 0.25) is 0 Å². The molecule has 3 aromatic carbocycles. The second-order valence-electron chi connectivity index (χ2n) is 7.67. The van der Waals surface area contributed by atoms with E-state index in [0.29, 0.717) is 34.7 Å². The number of nitrogens with one attached hydrogen (secondary N) is 1. The zero-order chi connectivity index (χ0) is 27.7. The molecule has 0 spiro atoms. The molecule has 3 rings (SSSR count). The number of hydrogen-bond donors (Lipinski definition) is 1. The Balaban J connectivity index is 1.79. The predicted octanol–water partition coefficient (Wildman–Crippen LogP) is 5.56. The monoisotopic (exact) mass is 535 g/mol. The van der Waals surface area contributed by atoms with Gasteiger partial charge in [0.15, 0.2) is 11.5 Å². The summed E-state index contributed by atoms with van der Waals surface area (Å²) in [7, 11) is 1.27. The summed E-state index contributed by atoms with van der Waals surface area (Å²) < 4.78 is 16.1. The molecule has 0 aliphatic rings. The zero-order valence-corrected chi connectivity index (χ0v) is 21.2. The van der Waals surface area contributed by atoms with Crippen LogP contribution < -0.4 is 14.8 Å². The summed E-state index contributed by atoms with van der Waals surface area (Å²) in [5, 5.41) is 23.2. The summed E-state index contributed by atoms with van der Waals surface area (Å²) in [6.45, 7) is 2.15. The van der Waals surface area contributed by atoms with Gasteiger partial charge in [-0.05, 0) is 72.7 Å². The highest BCUT2D eigenvalue weighted by molar-refractivity contribution is 6.32. The Morgan fingerprint density at radius 1 is 1.11 bits per heavy atom. The second-order valence-corrected chi connectivity index (χ2v) is 8.08. The average molecular weight is 536 g/mol. The number of carbonyl (C=O) groups is 2. The Labute approximate surface area is 223 Å². The van der Waals surface area contributed by atoms with Crippen molar-refractivity contribution in [2.24, 2.45) is 0 Å². The molecule has 0 saturated heterocycles. The number of nitro benzene ring substituents is 1. The van der Waals surface area contributed by atoms with E-state index in [2.05, 4.69) is 10.1 Å². The Morgan fingerprint density at radius 2 is 1.79 bits per heavy atom. The van der Waals surface area contributed by atoms with Gasteiger partial charge in [0.1, 0.15) is 18.2 Å². The molecular formula is C27H22ClN3O7. The lowest BCUT2D eigenvalue weighted by Crippen LogP contribution is -2.13. The molecule has 0 aliphatic carbocycles. The average Bonchev–Trinajstić information content (AvgIpc) is 2.91. The number of benzene rings is 3. The van der Waals surface area contributed by atoms with Crippen LogP contribution in [0.1, 0.15) is 28.4 Å². The molecule has 1 amide bonds. The van der Waals surface area contributed by atoms with Crippen molar-refractivity contribution in [3.05, 3.63) is 98.1 Å². The van der Waals surface area contributed by atoms with E-state index in [1.165, 1.54) is 55.7 Å². The van der Waals surface area contributed by atoms with E-state index in [-0.39, 0.29) is 28.6 Å². The molecule has 0 heterocycles. The Hall–Kier alpha value is -4.88. The number of amides is 1. The highest BCUT2D eigenvalue weighted by Gasteiger charge is 2.16. The molecule has 0 fully saturated rings. The third-order valence-electron chi connectivity index (χ3n) is 5.10. The first-order valence-corrected chi connectivity index (χ1v) is 11.6. The van der Waals surface area contributed by atoms with Gasteiger partial charge in [0.05, 0.1) is 29.2 Å². The number of nitrogens with zero attached hydrogens (tertiary/aromatic N) is 2. The first-order chi connectivity index (χ1) is 18.2. The number of nitriles is 1. The second kappa shape index (κ2) is 12.9. The van der Waals surface area contributed by atoms with Gasteiger partial charge in [-0.3, -0.25) is 14.9 Å². The van der Waals surface area contributed by atoms with Crippen molar-refractivity contribution < 1.29 is 28.7 Å². The first-order valence-electron chi connectivity index (χ1n) is 11.2. The fraction of sp³-hybridized carbons (Fsp3) is 0.148. The minimum Gasteiger partial charge on any atom is -0.490 e. The lowest BCUT2D eigenvalue weighted by Gasteiger charge is -2.15. The summed E-state index contributed by atoms with van der Waals surface area (Å²) in [4.78, 5) is 34.6. The summed E-state index contributed by atoms with van der Waals surface area (Å²) >= 11 is 6.45. The van der Waals surface area contributed by atoms with Gasteiger partial charge in [-0.1, -0.05) is 11.6 Å². The molecule has 0 aliphatic heterocycles. The van der Waals surface area contributed by atoms with Crippen LogP contribution in [0.2, 0.25) is 5.02 Å². The summed E-state index contributed by atoms with van der Waals surface area (Å²) in [6.07, 6.45) is 1.35. The van der Waals surface area contributed by atoms with E-state index in [0.717, 1.165) is 0 Å². The number of nitro groups is 1. The van der Waals surface area contributed by atoms with Crippen LogP contribution >= 0.6 is 11.6 Å². The number of esters is 1. The molecule has 0 radical (unpaired) electrons. The van der Waals surface area contributed by atoms with Crippen molar-refractivity contribution >= 4 is 40.9 Å². The van der Waals surface area contributed by atoms with Gasteiger partial charge in [-0.25, -0.2) is 4.79 Å². The van der Waals surface area contributed by atoms with Crippen LogP contribution in [0.15, 0.2) is 66.2 Å². The molecule has 10 nitrogen and oxygen atoms in total. The lowest BCUT2D eigenvalue weighted by atomic mass is 10.1. The number of halogens is 1. The number of rotatable bonds is 10. The maximum absolute atomic E-state index is 12.7. The van der Waals surface area contributed by atoms with Crippen LogP contribution in [0.25, 0.3) is 6.08 Å². The van der Waals surface area contributed by atoms with Crippen LogP contribution in [-0.2, 0) is 16.1 Å². The predicted molar refractivity (Wildman–Crippen MR) is 140 cm³/mol. The van der Waals surface area contributed by atoms with Crippen molar-refractivity contribution in [2.75, 3.05) is 19.0 Å². The Bertz CT molecular complexity index is 1410. The summed E-state index contributed by atoms with van der Waals surface area (Å²) in [5.74, 6) is -0.629. The third kappa shape index (κ3) is 7.09. The molecule has 0 aromatic heterocycles. The van der Waals surface area contributed by atoms with E-state index in [4.69, 9.17) is 21.1 Å². The number of methoxy groups -OCH3 is 1. The zero-order valence-electron chi connectivity index (χ0n) is 20.4. The van der Waals surface area contributed by atoms with Gasteiger partial charge in [0.25, 0.3) is 11.6 Å². The molecule has 0 saturated carbocycles. The van der Waals surface area contributed by atoms with Gasteiger partial charge in [-0.2, -0.15) is 5.26 Å². The number of carbonyl (C=O) groups excluding carboxylic acids is 2. The molecule has 38 heavy (non-hydrogen) atoms. The largest absolute Gasteiger partial charge is 0.490 e. The van der Waals surface area contributed by atoms with Crippen LogP contribution in [0.3, 0.4) is 0 Å². The van der Waals surface area contributed by atoms with Gasteiger partial charge in [-0.15, -0.1) is 0 Å². The summed E-state index contributed by atoms with van der Waals surface area (Å²) in [6, 6.07) is 16.9. The number of anilines is 1. The Kier molecular flexibility index (Phi) is 9.40. The minimum atomic E-state index is -0.661. The number of hydrogen-bond acceptors (Lipinski definition) is 8. The van der Waals surface area contributed by atoms with Gasteiger partial charge < -0.3 is 19.5 Å². The van der Waals surface area contributed by atoms with E-state index in [9.17, 15) is 25.0 Å². The molecule has 11 heteroatoms. The molecule has 1 N–H and O–H groups in total. The fourth-order valence-corrected chi connectivity index (χ4v) is 3.54. The highest BCUT2D eigenvalue weighted by Crippen LogP contribution is 2.38. The fourth-order valence-electron chi connectivity index (χ4n) is 3.26. The van der Waals surface area contributed by atoms with Crippen molar-refractivity contribution in [3.8, 4) is 17.6 Å². The molecule has 3 aromatic rings. The molecular weight excluding hydrogens is 514 g/mol. The van der Waals surface area contributed by atoms with Gasteiger partial charge in [0, 0.05) is 17.8 Å². The molecule has 0 unspecified atom stereocenters. The van der Waals surface area contributed by atoms with Crippen molar-refractivity contribution in [2.45, 2.75) is 13.5 Å². The van der Waals surface area contributed by atoms with E-state index >= 15 is 0 Å². The maximum atomic E-state index is 12.7. The smallest absolute Gasteiger partial charge is 0.337 e. The first kappa shape index (κ1) is 27.7. The number of non-ortho nitro benzene ring substituents is 1. The minimum absolute atomic E-state index is 0.0338. The van der Waals surface area contributed by atoms with Crippen LogP contribution in [0.4, 0.5) is 11.4 Å². The normalized spacial score (nSPS) is 10.7. The van der Waals surface area contributed by atoms with E-state index < -0.39 is 16.8 Å². The Morgan fingerprint density at radius 3 is 2.37 bits per heavy atom. The highest BCUT2D eigenvalue weighted by atomic mass is 35.5. The van der Waals surface area contributed by atoms with Crippen LogP contribution in [-0.4, -0.2) is 30.5 Å². The van der Waals surface area contributed by atoms with Gasteiger partial charge >= 0.3 is 5.97 Å². The van der Waals surface area contributed by atoms with Crippen molar-refractivity contribution in [1.82, 2.24) is 0 Å².